The fourth-order valence-corrected chi connectivity index (χ4v) is 2.93. The summed E-state index contributed by atoms with van der Waals surface area (Å²) in [5.74, 6) is 2.23. The summed E-state index contributed by atoms with van der Waals surface area (Å²) in [6.45, 7) is 4.19. The average Bonchev–Trinajstić information content (AvgIpc) is 3.23. The largest absolute Gasteiger partial charge is 0.338 e. The summed E-state index contributed by atoms with van der Waals surface area (Å²) in [5.41, 5.74) is 2.90. The molecular formula is C16H19N3O. The van der Waals surface area contributed by atoms with Gasteiger partial charge >= 0.3 is 0 Å². The number of aromatic nitrogens is 2. The minimum atomic E-state index is 0.198. The van der Waals surface area contributed by atoms with E-state index >= 15 is 0 Å². The quantitative estimate of drug-likeness (QED) is 0.858. The van der Waals surface area contributed by atoms with Gasteiger partial charge in [0.25, 0.3) is 0 Å². The Morgan fingerprint density at radius 1 is 1.25 bits per heavy atom. The lowest BCUT2D eigenvalue weighted by molar-refractivity contribution is 0.158. The summed E-state index contributed by atoms with van der Waals surface area (Å²) in [6.07, 6.45) is 3.53. The lowest BCUT2D eigenvalue weighted by Crippen LogP contribution is -2.33. The van der Waals surface area contributed by atoms with Crippen molar-refractivity contribution in [2.75, 3.05) is 6.54 Å². The average molecular weight is 269 g/mol. The number of hydrogen-bond donors (Lipinski definition) is 0. The smallest absolute Gasteiger partial charge is 0.243 e. The molecule has 104 valence electrons. The first kappa shape index (κ1) is 12.1. The second-order valence-corrected chi connectivity index (χ2v) is 5.93. The second-order valence-electron chi connectivity index (χ2n) is 5.93. The number of hydrogen-bond acceptors (Lipinski definition) is 4. The monoisotopic (exact) mass is 269 g/mol. The van der Waals surface area contributed by atoms with Crippen LogP contribution in [0.15, 0.2) is 28.8 Å². The Bertz CT molecular complexity index is 618. The predicted molar refractivity (Wildman–Crippen MR) is 75.2 cm³/mol. The molecule has 1 aliphatic heterocycles. The maximum absolute atomic E-state index is 5.47. The Morgan fingerprint density at radius 2 is 2.05 bits per heavy atom. The third kappa shape index (κ3) is 2.14. The van der Waals surface area contributed by atoms with Gasteiger partial charge in [0.2, 0.25) is 5.89 Å². The fraction of sp³-hybridized carbons (Fsp3) is 0.500. The van der Waals surface area contributed by atoms with Gasteiger partial charge < -0.3 is 4.52 Å². The van der Waals surface area contributed by atoms with Gasteiger partial charge in [0.1, 0.15) is 0 Å². The molecule has 0 N–H and O–H groups in total. The zero-order chi connectivity index (χ0) is 13.5. The lowest BCUT2D eigenvalue weighted by Gasteiger charge is -2.31. The van der Waals surface area contributed by atoms with Gasteiger partial charge in [-0.05, 0) is 37.3 Å². The molecule has 0 amide bonds. The van der Waals surface area contributed by atoms with Crippen molar-refractivity contribution in [1.29, 1.82) is 0 Å². The summed E-state index contributed by atoms with van der Waals surface area (Å²) in [7, 11) is 0. The summed E-state index contributed by atoms with van der Waals surface area (Å²) in [6, 6.07) is 8.89. The number of nitrogens with zero attached hydrogens (tertiary/aromatic N) is 3. The van der Waals surface area contributed by atoms with Gasteiger partial charge in [-0.3, -0.25) is 4.90 Å². The maximum Gasteiger partial charge on any atom is 0.243 e. The number of benzene rings is 1. The van der Waals surface area contributed by atoms with Crippen molar-refractivity contribution in [3.8, 4) is 0 Å². The van der Waals surface area contributed by atoms with Crippen LogP contribution < -0.4 is 0 Å². The summed E-state index contributed by atoms with van der Waals surface area (Å²) in [4.78, 5) is 7.01. The number of fused-ring (bicyclic) bond motifs is 1. The van der Waals surface area contributed by atoms with Gasteiger partial charge in [0, 0.05) is 19.0 Å². The minimum Gasteiger partial charge on any atom is -0.338 e. The van der Waals surface area contributed by atoms with Crippen LogP contribution in [0.1, 0.15) is 54.6 Å². The molecule has 0 radical (unpaired) electrons. The normalized spacial score (nSPS) is 20.6. The van der Waals surface area contributed by atoms with E-state index in [4.69, 9.17) is 4.52 Å². The zero-order valence-corrected chi connectivity index (χ0v) is 11.7. The van der Waals surface area contributed by atoms with Gasteiger partial charge in [-0.25, -0.2) is 0 Å². The highest BCUT2D eigenvalue weighted by Gasteiger charge is 2.31. The van der Waals surface area contributed by atoms with E-state index in [0.29, 0.717) is 5.92 Å². The predicted octanol–water partition coefficient (Wildman–Crippen LogP) is 3.07. The van der Waals surface area contributed by atoms with E-state index in [9.17, 15) is 0 Å². The first-order valence-electron chi connectivity index (χ1n) is 7.45. The topological polar surface area (TPSA) is 42.2 Å². The van der Waals surface area contributed by atoms with Crippen LogP contribution in [-0.4, -0.2) is 21.6 Å². The van der Waals surface area contributed by atoms with Crippen LogP contribution in [0.4, 0.5) is 0 Å². The molecule has 4 nitrogen and oxygen atoms in total. The van der Waals surface area contributed by atoms with Crippen LogP contribution in [0.3, 0.4) is 0 Å². The summed E-state index contributed by atoms with van der Waals surface area (Å²) >= 11 is 0. The summed E-state index contributed by atoms with van der Waals surface area (Å²) < 4.78 is 5.47. The van der Waals surface area contributed by atoms with E-state index in [0.717, 1.165) is 31.2 Å². The van der Waals surface area contributed by atoms with Crippen LogP contribution in [0, 0.1) is 0 Å². The van der Waals surface area contributed by atoms with E-state index in [1.54, 1.807) is 0 Å². The molecule has 1 fully saturated rings. The highest BCUT2D eigenvalue weighted by molar-refractivity contribution is 5.29. The third-order valence-corrected chi connectivity index (χ3v) is 4.47. The zero-order valence-electron chi connectivity index (χ0n) is 11.7. The molecule has 0 bridgehead atoms. The van der Waals surface area contributed by atoms with Crippen molar-refractivity contribution in [2.24, 2.45) is 0 Å². The Labute approximate surface area is 118 Å². The Morgan fingerprint density at radius 3 is 2.85 bits per heavy atom. The first-order chi connectivity index (χ1) is 9.81. The van der Waals surface area contributed by atoms with Gasteiger partial charge in [0.15, 0.2) is 5.82 Å². The molecule has 0 unspecified atom stereocenters. The van der Waals surface area contributed by atoms with E-state index in [1.165, 1.54) is 24.0 Å². The Hall–Kier alpha value is -1.68. The van der Waals surface area contributed by atoms with Crippen LogP contribution in [0.25, 0.3) is 0 Å². The molecule has 0 spiro atoms. The molecule has 4 rings (SSSR count). The van der Waals surface area contributed by atoms with E-state index in [-0.39, 0.29) is 6.04 Å². The van der Waals surface area contributed by atoms with E-state index < -0.39 is 0 Å². The van der Waals surface area contributed by atoms with Gasteiger partial charge in [0.05, 0.1) is 6.04 Å². The van der Waals surface area contributed by atoms with Gasteiger partial charge in [-0.2, -0.15) is 4.98 Å². The molecule has 1 atom stereocenters. The SMILES string of the molecule is C[C@@H](c1nc(C2CC2)no1)N1CCc2ccccc2C1. The second kappa shape index (κ2) is 4.70. The van der Waals surface area contributed by atoms with E-state index in [1.807, 2.05) is 0 Å². The molecule has 0 saturated heterocycles. The molecule has 1 aromatic heterocycles. The summed E-state index contributed by atoms with van der Waals surface area (Å²) in [5, 5.41) is 4.13. The molecule has 2 aromatic rings. The Balaban J connectivity index is 1.52. The fourth-order valence-electron chi connectivity index (χ4n) is 2.93. The third-order valence-electron chi connectivity index (χ3n) is 4.47. The van der Waals surface area contributed by atoms with Gasteiger partial charge in [-0.1, -0.05) is 29.4 Å². The van der Waals surface area contributed by atoms with Crippen LogP contribution in [0.2, 0.25) is 0 Å². The Kier molecular flexibility index (Phi) is 2.84. The molecule has 20 heavy (non-hydrogen) atoms. The van der Waals surface area contributed by atoms with Crippen LogP contribution in [-0.2, 0) is 13.0 Å². The van der Waals surface area contributed by atoms with Crippen molar-refractivity contribution in [1.82, 2.24) is 15.0 Å². The molecule has 2 aliphatic rings. The molecule has 1 saturated carbocycles. The molecule has 4 heteroatoms. The minimum absolute atomic E-state index is 0.198. The van der Waals surface area contributed by atoms with Crippen LogP contribution in [0.5, 0.6) is 0 Å². The molecule has 1 aromatic carbocycles. The van der Waals surface area contributed by atoms with Crippen molar-refractivity contribution in [2.45, 2.75) is 44.7 Å². The maximum atomic E-state index is 5.47. The first-order valence-corrected chi connectivity index (χ1v) is 7.45. The van der Waals surface area contributed by atoms with Gasteiger partial charge in [-0.15, -0.1) is 0 Å². The lowest BCUT2D eigenvalue weighted by atomic mass is 9.99. The van der Waals surface area contributed by atoms with Crippen molar-refractivity contribution in [3.05, 3.63) is 47.1 Å². The van der Waals surface area contributed by atoms with Crippen molar-refractivity contribution in [3.63, 3.8) is 0 Å². The molecule has 2 heterocycles. The standard InChI is InChI=1S/C16H19N3O/c1-11(16-17-15(18-20-16)13-6-7-13)19-9-8-12-4-2-3-5-14(12)10-19/h2-5,11,13H,6-10H2,1H3/t11-/m0/s1. The van der Waals surface area contributed by atoms with Crippen molar-refractivity contribution < 1.29 is 4.52 Å². The highest BCUT2D eigenvalue weighted by atomic mass is 16.5. The van der Waals surface area contributed by atoms with E-state index in [2.05, 4.69) is 46.2 Å². The number of rotatable bonds is 3. The molecular weight excluding hydrogens is 250 g/mol. The van der Waals surface area contributed by atoms with Crippen LogP contribution >= 0.6 is 0 Å². The highest BCUT2D eigenvalue weighted by Crippen LogP contribution is 2.38. The molecule has 1 aliphatic carbocycles. The van der Waals surface area contributed by atoms with Crippen molar-refractivity contribution >= 4 is 0 Å².